The fraction of sp³-hybridized carbons (Fsp3) is 0.429. The molecular formula is C28H30ClF5N6O5. The number of amides is 4. The van der Waals surface area contributed by atoms with E-state index in [-0.39, 0.29) is 30.8 Å². The summed E-state index contributed by atoms with van der Waals surface area (Å²) in [5.41, 5.74) is -0.166. The van der Waals surface area contributed by atoms with Crippen LogP contribution in [0, 0.1) is 11.6 Å². The molecule has 2 aliphatic rings. The molecule has 244 valence electrons. The van der Waals surface area contributed by atoms with E-state index in [0.29, 0.717) is 36.9 Å². The fourth-order valence-corrected chi connectivity index (χ4v) is 5.23. The Hall–Kier alpha value is -4.18. The standard InChI is InChI=1S/C28H30ClF5N6O5/c29-17-2-4-19(21(13-17)39-11-9-38(10-12-39)8-6-28(32,33)34)36-25(42)18-3-1-16(23(30)24(18)31)14-35-22(41)15-40-7-5-20(26(40)43)37-27(44)45/h1-4,13,20,37H,5-12,14-15H2,(H,35,41)(H,36,42)(H,44,45). The average Bonchev–Trinajstić information content (AvgIpc) is 3.31. The number of hydrogen-bond donors (Lipinski definition) is 4. The van der Waals surface area contributed by atoms with Crippen molar-refractivity contribution in [1.82, 2.24) is 20.4 Å². The molecule has 17 heteroatoms. The van der Waals surface area contributed by atoms with E-state index in [0.717, 1.165) is 17.0 Å². The van der Waals surface area contributed by atoms with E-state index < -0.39 is 72.7 Å². The fourth-order valence-electron chi connectivity index (χ4n) is 5.06. The molecule has 2 heterocycles. The summed E-state index contributed by atoms with van der Waals surface area (Å²) in [6.07, 6.45) is -6.37. The summed E-state index contributed by atoms with van der Waals surface area (Å²) in [6.45, 7) is 0.511. The summed E-state index contributed by atoms with van der Waals surface area (Å²) >= 11 is 6.15. The normalized spacial score (nSPS) is 17.4. The second-order valence-electron chi connectivity index (χ2n) is 10.5. The minimum absolute atomic E-state index is 0.133. The third-order valence-corrected chi connectivity index (χ3v) is 7.68. The molecule has 0 saturated carbocycles. The summed E-state index contributed by atoms with van der Waals surface area (Å²) in [6, 6.07) is 5.74. The van der Waals surface area contributed by atoms with Gasteiger partial charge >= 0.3 is 12.3 Å². The van der Waals surface area contributed by atoms with Crippen molar-refractivity contribution in [1.29, 1.82) is 0 Å². The van der Waals surface area contributed by atoms with Crippen LogP contribution in [0.15, 0.2) is 30.3 Å². The number of likely N-dealkylation sites (tertiary alicyclic amines) is 1. The van der Waals surface area contributed by atoms with Crippen LogP contribution in [0.4, 0.5) is 38.1 Å². The second-order valence-corrected chi connectivity index (χ2v) is 11.0. The molecule has 45 heavy (non-hydrogen) atoms. The summed E-state index contributed by atoms with van der Waals surface area (Å²) in [7, 11) is 0. The second kappa shape index (κ2) is 14.3. The van der Waals surface area contributed by atoms with Gasteiger partial charge in [0.05, 0.1) is 29.9 Å². The number of nitrogens with one attached hydrogen (secondary N) is 3. The molecule has 2 aromatic rings. The molecule has 2 fully saturated rings. The van der Waals surface area contributed by atoms with Crippen LogP contribution in [0.2, 0.25) is 5.02 Å². The Morgan fingerprint density at radius 2 is 1.71 bits per heavy atom. The van der Waals surface area contributed by atoms with E-state index in [9.17, 15) is 36.7 Å². The third kappa shape index (κ3) is 8.94. The maximum absolute atomic E-state index is 15.0. The van der Waals surface area contributed by atoms with Gasteiger partial charge in [-0.25, -0.2) is 13.6 Å². The Balaban J connectivity index is 1.36. The van der Waals surface area contributed by atoms with Crippen LogP contribution in [0.1, 0.15) is 28.8 Å². The molecule has 1 atom stereocenters. The van der Waals surface area contributed by atoms with Gasteiger partial charge in [0.25, 0.3) is 5.91 Å². The van der Waals surface area contributed by atoms with Gasteiger partial charge in [-0.05, 0) is 30.7 Å². The van der Waals surface area contributed by atoms with Crippen molar-refractivity contribution in [3.05, 3.63) is 58.1 Å². The highest BCUT2D eigenvalue weighted by atomic mass is 35.5. The first kappa shape index (κ1) is 33.7. The molecule has 4 rings (SSSR count). The Labute approximate surface area is 259 Å². The Morgan fingerprint density at radius 3 is 2.38 bits per heavy atom. The molecule has 1 unspecified atom stereocenters. The average molecular weight is 661 g/mol. The number of rotatable bonds is 10. The molecule has 0 bridgehead atoms. The van der Waals surface area contributed by atoms with Gasteiger partial charge in [-0.1, -0.05) is 17.7 Å². The van der Waals surface area contributed by atoms with Gasteiger partial charge in [0, 0.05) is 56.4 Å². The molecule has 4 N–H and O–H groups in total. The van der Waals surface area contributed by atoms with Crippen molar-refractivity contribution >= 4 is 46.8 Å². The van der Waals surface area contributed by atoms with Crippen LogP contribution in [-0.2, 0) is 16.1 Å². The van der Waals surface area contributed by atoms with E-state index in [1.54, 1.807) is 11.0 Å². The van der Waals surface area contributed by atoms with E-state index in [4.69, 9.17) is 16.7 Å². The lowest BCUT2D eigenvalue weighted by Gasteiger charge is -2.37. The highest BCUT2D eigenvalue weighted by Gasteiger charge is 2.34. The molecule has 2 saturated heterocycles. The summed E-state index contributed by atoms with van der Waals surface area (Å²) < 4.78 is 67.7. The summed E-state index contributed by atoms with van der Waals surface area (Å²) in [4.78, 5) is 52.9. The van der Waals surface area contributed by atoms with Gasteiger partial charge in [-0.3, -0.25) is 19.3 Å². The smallest absolute Gasteiger partial charge is 0.405 e. The first-order chi connectivity index (χ1) is 21.2. The van der Waals surface area contributed by atoms with E-state index in [1.807, 2.05) is 4.90 Å². The number of carboxylic acid groups (broad SMARTS) is 1. The highest BCUT2D eigenvalue weighted by Crippen LogP contribution is 2.31. The van der Waals surface area contributed by atoms with E-state index in [2.05, 4.69) is 16.0 Å². The minimum Gasteiger partial charge on any atom is -0.465 e. The first-order valence-electron chi connectivity index (χ1n) is 13.9. The predicted molar refractivity (Wildman–Crippen MR) is 153 cm³/mol. The van der Waals surface area contributed by atoms with Gasteiger partial charge in [-0.15, -0.1) is 0 Å². The van der Waals surface area contributed by atoms with Crippen molar-refractivity contribution in [3.8, 4) is 0 Å². The van der Waals surface area contributed by atoms with Gasteiger partial charge in [-0.2, -0.15) is 13.2 Å². The number of nitrogens with zero attached hydrogens (tertiary/aromatic N) is 3. The molecule has 0 aromatic heterocycles. The molecular weight excluding hydrogens is 631 g/mol. The van der Waals surface area contributed by atoms with Crippen LogP contribution >= 0.6 is 11.6 Å². The molecule has 0 radical (unpaired) electrons. The van der Waals surface area contributed by atoms with Gasteiger partial charge in [0.2, 0.25) is 11.8 Å². The quantitative estimate of drug-likeness (QED) is 0.287. The summed E-state index contributed by atoms with van der Waals surface area (Å²) in [5.74, 6) is -5.04. The van der Waals surface area contributed by atoms with Crippen molar-refractivity contribution in [2.75, 3.05) is 56.0 Å². The van der Waals surface area contributed by atoms with Gasteiger partial charge < -0.3 is 30.9 Å². The summed E-state index contributed by atoms with van der Waals surface area (Å²) in [5, 5.41) is 16.1. The molecule has 0 aliphatic carbocycles. The number of carbonyl (C=O) groups excluding carboxylic acids is 3. The SMILES string of the molecule is O=C(O)NC1CCN(CC(=O)NCc2ccc(C(=O)Nc3ccc(Cl)cc3N3CCN(CCC(F)(F)F)CC3)c(F)c2F)C1=O. The van der Waals surface area contributed by atoms with Gasteiger partial charge in [0.1, 0.15) is 6.04 Å². The number of hydrogen-bond acceptors (Lipinski definition) is 6. The number of piperazine rings is 1. The van der Waals surface area contributed by atoms with Crippen molar-refractivity contribution in [3.63, 3.8) is 0 Å². The van der Waals surface area contributed by atoms with Crippen LogP contribution in [-0.4, -0.2) is 96.8 Å². The monoisotopic (exact) mass is 660 g/mol. The Bertz CT molecular complexity index is 1450. The molecule has 2 aromatic carbocycles. The van der Waals surface area contributed by atoms with Crippen molar-refractivity contribution in [2.45, 2.75) is 31.6 Å². The molecule has 4 amide bonds. The maximum atomic E-state index is 15.0. The number of anilines is 2. The van der Waals surface area contributed by atoms with Gasteiger partial charge in [0.15, 0.2) is 11.6 Å². The largest absolute Gasteiger partial charge is 0.465 e. The first-order valence-corrected chi connectivity index (χ1v) is 14.3. The lowest BCUT2D eigenvalue weighted by molar-refractivity contribution is -0.138. The number of alkyl halides is 3. The number of benzene rings is 2. The lowest BCUT2D eigenvalue weighted by Crippen LogP contribution is -2.47. The topological polar surface area (TPSA) is 134 Å². The molecule has 0 spiro atoms. The zero-order valence-electron chi connectivity index (χ0n) is 23.7. The van der Waals surface area contributed by atoms with E-state index in [1.165, 1.54) is 12.1 Å². The van der Waals surface area contributed by atoms with Crippen LogP contribution in [0.25, 0.3) is 0 Å². The molecule has 2 aliphatic heterocycles. The molecule has 11 nitrogen and oxygen atoms in total. The lowest BCUT2D eigenvalue weighted by atomic mass is 10.1. The van der Waals surface area contributed by atoms with E-state index >= 15 is 4.39 Å². The van der Waals surface area contributed by atoms with Crippen molar-refractivity contribution in [2.24, 2.45) is 0 Å². The number of carbonyl (C=O) groups is 4. The van der Waals surface area contributed by atoms with Crippen molar-refractivity contribution < 1.29 is 46.2 Å². The van der Waals surface area contributed by atoms with Crippen LogP contribution < -0.4 is 20.9 Å². The van der Waals surface area contributed by atoms with Crippen LogP contribution in [0.5, 0.6) is 0 Å². The maximum Gasteiger partial charge on any atom is 0.405 e. The zero-order valence-corrected chi connectivity index (χ0v) is 24.5. The predicted octanol–water partition coefficient (Wildman–Crippen LogP) is 3.43. The Morgan fingerprint density at radius 1 is 1.00 bits per heavy atom. The highest BCUT2D eigenvalue weighted by molar-refractivity contribution is 6.31. The third-order valence-electron chi connectivity index (χ3n) is 7.45. The minimum atomic E-state index is -4.26. The number of halogens is 6. The Kier molecular flexibility index (Phi) is 10.7. The zero-order chi connectivity index (χ0) is 32.9. The van der Waals surface area contributed by atoms with Crippen LogP contribution in [0.3, 0.4) is 0 Å².